The zero-order valence-electron chi connectivity index (χ0n) is 19.4. The second-order valence-electron chi connectivity index (χ2n) is 8.81. The predicted molar refractivity (Wildman–Crippen MR) is 126 cm³/mol. The molecule has 3 heterocycles. The van der Waals surface area contributed by atoms with E-state index in [1.54, 1.807) is 12.1 Å². The molecule has 1 N–H and O–H groups in total. The molecule has 2 aromatic heterocycles. The number of piperidine rings is 1. The van der Waals surface area contributed by atoms with E-state index in [0.29, 0.717) is 5.69 Å². The minimum Gasteiger partial charge on any atom is -0.326 e. The fraction of sp³-hybridized carbons (Fsp3) is 0.385. The van der Waals surface area contributed by atoms with Gasteiger partial charge in [0, 0.05) is 47.3 Å². The van der Waals surface area contributed by atoms with Gasteiger partial charge in [-0.15, -0.1) is 0 Å². The molecule has 7 heteroatoms. The number of hydrogen-bond donors (Lipinski definition) is 1. The summed E-state index contributed by atoms with van der Waals surface area (Å²) >= 11 is 0. The number of likely N-dealkylation sites (tertiary alicyclic amines) is 1. The fourth-order valence-electron chi connectivity index (χ4n) is 4.43. The van der Waals surface area contributed by atoms with Crippen LogP contribution in [0.15, 0.2) is 42.5 Å². The number of nitrogens with one attached hydrogen (secondary N) is 1. The lowest BCUT2D eigenvalue weighted by atomic mass is 9.96. The van der Waals surface area contributed by atoms with Crippen molar-refractivity contribution in [3.63, 3.8) is 0 Å². The Morgan fingerprint density at radius 3 is 2.48 bits per heavy atom. The SMILES string of the molecule is Cc1cccc(CN2CCCC(c3nc(C)c(CC(=O)Nc4ccc(F)cc4)c(C)n3)C2)n1. The third-order valence-corrected chi connectivity index (χ3v) is 6.11. The van der Waals surface area contributed by atoms with Gasteiger partial charge in [-0.3, -0.25) is 14.7 Å². The number of nitrogens with zero attached hydrogens (tertiary/aromatic N) is 4. The van der Waals surface area contributed by atoms with Crippen molar-refractivity contribution in [1.82, 2.24) is 19.9 Å². The molecule has 1 unspecified atom stereocenters. The van der Waals surface area contributed by atoms with Crippen LogP contribution < -0.4 is 5.32 Å². The van der Waals surface area contributed by atoms with E-state index in [4.69, 9.17) is 9.97 Å². The van der Waals surface area contributed by atoms with Crippen LogP contribution in [0.4, 0.5) is 10.1 Å². The first-order valence-corrected chi connectivity index (χ1v) is 11.4. The van der Waals surface area contributed by atoms with Crippen LogP contribution >= 0.6 is 0 Å². The smallest absolute Gasteiger partial charge is 0.228 e. The summed E-state index contributed by atoms with van der Waals surface area (Å²) < 4.78 is 13.1. The number of carbonyl (C=O) groups is 1. The van der Waals surface area contributed by atoms with E-state index in [1.807, 2.05) is 26.8 Å². The first-order chi connectivity index (χ1) is 15.9. The van der Waals surface area contributed by atoms with E-state index < -0.39 is 0 Å². The Labute approximate surface area is 194 Å². The van der Waals surface area contributed by atoms with Crippen molar-refractivity contribution >= 4 is 11.6 Å². The first-order valence-electron chi connectivity index (χ1n) is 11.4. The van der Waals surface area contributed by atoms with Gasteiger partial charge in [0.15, 0.2) is 0 Å². The summed E-state index contributed by atoms with van der Waals surface area (Å²) in [6.45, 7) is 8.68. The molecule has 0 aliphatic carbocycles. The molecule has 1 aliphatic rings. The van der Waals surface area contributed by atoms with Gasteiger partial charge in [-0.05, 0) is 76.6 Å². The molecule has 4 rings (SSSR count). The molecular weight excluding hydrogens is 417 g/mol. The minimum absolute atomic E-state index is 0.168. The number of anilines is 1. The average Bonchev–Trinajstić information content (AvgIpc) is 2.78. The molecule has 1 aromatic carbocycles. The Balaban J connectivity index is 1.42. The summed E-state index contributed by atoms with van der Waals surface area (Å²) in [4.78, 5) is 29.2. The largest absolute Gasteiger partial charge is 0.326 e. The number of aryl methyl sites for hydroxylation is 3. The summed E-state index contributed by atoms with van der Waals surface area (Å²) in [5.74, 6) is 0.622. The molecule has 1 fully saturated rings. The van der Waals surface area contributed by atoms with Crippen LogP contribution in [0.1, 0.15) is 52.9 Å². The summed E-state index contributed by atoms with van der Waals surface area (Å²) in [7, 11) is 0. The molecule has 6 nitrogen and oxygen atoms in total. The van der Waals surface area contributed by atoms with Crippen molar-refractivity contribution in [3.8, 4) is 0 Å². The Hall–Kier alpha value is -3.19. The Kier molecular flexibility index (Phi) is 7.08. The summed E-state index contributed by atoms with van der Waals surface area (Å²) in [6, 6.07) is 11.9. The van der Waals surface area contributed by atoms with Gasteiger partial charge in [0.05, 0.1) is 12.1 Å². The van der Waals surface area contributed by atoms with Gasteiger partial charge in [0.1, 0.15) is 11.6 Å². The molecule has 1 atom stereocenters. The second-order valence-corrected chi connectivity index (χ2v) is 8.81. The highest BCUT2D eigenvalue weighted by molar-refractivity contribution is 5.92. The third kappa shape index (κ3) is 5.99. The van der Waals surface area contributed by atoms with Gasteiger partial charge < -0.3 is 5.32 Å². The molecule has 1 amide bonds. The first kappa shape index (κ1) is 23.0. The number of amides is 1. The quantitative estimate of drug-likeness (QED) is 0.603. The zero-order chi connectivity index (χ0) is 23.4. The third-order valence-electron chi connectivity index (χ3n) is 6.11. The standard InChI is InChI=1S/C26H30FN5O/c1-17-6-4-8-23(28-17)16-32-13-5-7-20(15-32)26-29-18(2)24(19(3)30-26)14-25(33)31-22-11-9-21(27)10-12-22/h4,6,8-12,20H,5,7,13-16H2,1-3H3,(H,31,33). The van der Waals surface area contributed by atoms with Crippen LogP contribution in [0.5, 0.6) is 0 Å². The number of rotatable bonds is 6. The Bertz CT molecular complexity index is 1110. The highest BCUT2D eigenvalue weighted by Gasteiger charge is 2.25. The van der Waals surface area contributed by atoms with Crippen molar-refractivity contribution in [3.05, 3.63) is 82.4 Å². The van der Waals surface area contributed by atoms with E-state index in [1.165, 1.54) is 12.1 Å². The fourth-order valence-corrected chi connectivity index (χ4v) is 4.43. The van der Waals surface area contributed by atoms with Crippen molar-refractivity contribution in [2.45, 2.75) is 52.5 Å². The summed E-state index contributed by atoms with van der Waals surface area (Å²) in [6.07, 6.45) is 2.34. The van der Waals surface area contributed by atoms with Crippen molar-refractivity contribution < 1.29 is 9.18 Å². The van der Waals surface area contributed by atoms with E-state index in [2.05, 4.69) is 27.3 Å². The van der Waals surface area contributed by atoms with Crippen molar-refractivity contribution in [2.24, 2.45) is 0 Å². The lowest BCUT2D eigenvalue weighted by Gasteiger charge is -2.32. The zero-order valence-corrected chi connectivity index (χ0v) is 19.4. The highest BCUT2D eigenvalue weighted by Crippen LogP contribution is 2.27. The van der Waals surface area contributed by atoms with E-state index in [9.17, 15) is 9.18 Å². The number of hydrogen-bond acceptors (Lipinski definition) is 5. The molecule has 0 saturated carbocycles. The molecule has 1 aliphatic heterocycles. The molecule has 172 valence electrons. The number of benzene rings is 1. The topological polar surface area (TPSA) is 71.0 Å². The predicted octanol–water partition coefficient (Wildman–Crippen LogP) is 4.50. The van der Waals surface area contributed by atoms with Crippen LogP contribution in [-0.4, -0.2) is 38.8 Å². The molecule has 0 spiro atoms. The molecule has 33 heavy (non-hydrogen) atoms. The Morgan fingerprint density at radius 2 is 1.79 bits per heavy atom. The molecule has 1 saturated heterocycles. The lowest BCUT2D eigenvalue weighted by Crippen LogP contribution is -2.35. The van der Waals surface area contributed by atoms with Gasteiger partial charge in [-0.2, -0.15) is 0 Å². The van der Waals surface area contributed by atoms with Crippen LogP contribution in [0.25, 0.3) is 0 Å². The second kappa shape index (κ2) is 10.2. The molecular formula is C26H30FN5O. The molecule has 0 bridgehead atoms. The number of halogens is 1. The maximum atomic E-state index is 13.1. The van der Waals surface area contributed by atoms with Crippen molar-refractivity contribution in [1.29, 1.82) is 0 Å². The van der Waals surface area contributed by atoms with Gasteiger partial charge in [-0.25, -0.2) is 14.4 Å². The van der Waals surface area contributed by atoms with E-state index in [-0.39, 0.29) is 24.1 Å². The van der Waals surface area contributed by atoms with Crippen LogP contribution in [0.2, 0.25) is 0 Å². The van der Waals surface area contributed by atoms with Gasteiger partial charge in [-0.1, -0.05) is 6.07 Å². The number of aromatic nitrogens is 3. The lowest BCUT2D eigenvalue weighted by molar-refractivity contribution is -0.115. The van der Waals surface area contributed by atoms with Gasteiger partial charge in [0.25, 0.3) is 0 Å². The normalized spacial score (nSPS) is 16.5. The molecule has 3 aromatic rings. The van der Waals surface area contributed by atoms with Gasteiger partial charge >= 0.3 is 0 Å². The molecule has 0 radical (unpaired) electrons. The van der Waals surface area contributed by atoms with Crippen molar-refractivity contribution in [2.75, 3.05) is 18.4 Å². The average molecular weight is 448 g/mol. The monoisotopic (exact) mass is 447 g/mol. The maximum absolute atomic E-state index is 13.1. The minimum atomic E-state index is -0.333. The van der Waals surface area contributed by atoms with Crippen LogP contribution in [-0.2, 0) is 17.8 Å². The van der Waals surface area contributed by atoms with Gasteiger partial charge in [0.2, 0.25) is 5.91 Å². The van der Waals surface area contributed by atoms with Crippen LogP contribution in [0.3, 0.4) is 0 Å². The number of carbonyl (C=O) groups excluding carboxylic acids is 1. The maximum Gasteiger partial charge on any atom is 0.228 e. The highest BCUT2D eigenvalue weighted by atomic mass is 19.1. The Morgan fingerprint density at radius 1 is 1.06 bits per heavy atom. The number of pyridine rings is 1. The summed E-state index contributed by atoms with van der Waals surface area (Å²) in [5.41, 5.74) is 5.21. The summed E-state index contributed by atoms with van der Waals surface area (Å²) in [5, 5.41) is 2.81. The van der Waals surface area contributed by atoms with E-state index >= 15 is 0 Å². The van der Waals surface area contributed by atoms with Crippen LogP contribution in [0, 0.1) is 26.6 Å². The van der Waals surface area contributed by atoms with E-state index in [0.717, 1.165) is 66.6 Å².